The van der Waals surface area contributed by atoms with Crippen molar-refractivity contribution in [3.8, 4) is 0 Å². The molecule has 0 aromatic heterocycles. The molecule has 26 heavy (non-hydrogen) atoms. The average Bonchev–Trinajstić information content (AvgIpc) is 2.52. The fourth-order valence-electron chi connectivity index (χ4n) is 4.67. The Hall–Kier alpha value is 0.394. The molecule has 1 nitrogen and oxygen atoms in total. The first kappa shape index (κ1) is 24.4. The van der Waals surface area contributed by atoms with Crippen LogP contribution < -0.4 is 0 Å². The van der Waals surface area contributed by atoms with Crippen LogP contribution in [0.2, 0.25) is 32.2 Å². The summed E-state index contributed by atoms with van der Waals surface area (Å²) in [7, 11) is -2.60. The summed E-state index contributed by atoms with van der Waals surface area (Å²) >= 11 is 0. The van der Waals surface area contributed by atoms with Crippen molar-refractivity contribution in [1.82, 2.24) is 0 Å². The van der Waals surface area contributed by atoms with Crippen LogP contribution in [-0.4, -0.2) is 21.0 Å². The second-order valence-electron chi connectivity index (χ2n) is 10.7. The predicted molar refractivity (Wildman–Crippen MR) is 124 cm³/mol. The Labute approximate surface area is 168 Å². The van der Waals surface area contributed by atoms with Gasteiger partial charge in [-0.2, -0.15) is 0 Å². The molecule has 0 saturated carbocycles. The van der Waals surface area contributed by atoms with E-state index in [9.17, 15) is 0 Å². The smallest absolute Gasteiger partial charge is 0.174 e. The van der Waals surface area contributed by atoms with Crippen molar-refractivity contribution in [2.75, 3.05) is 0 Å². The van der Waals surface area contributed by atoms with Crippen LogP contribution in [0.5, 0.6) is 0 Å². The van der Waals surface area contributed by atoms with Gasteiger partial charge in [0.25, 0.3) is 0 Å². The zero-order valence-corrected chi connectivity index (χ0v) is 21.4. The molecule has 1 unspecified atom stereocenters. The molecule has 1 aliphatic rings. The van der Waals surface area contributed by atoms with E-state index < -0.39 is 15.4 Å². The minimum absolute atomic E-state index is 0.121. The lowest BCUT2D eigenvalue weighted by Gasteiger charge is -2.54. The van der Waals surface area contributed by atoms with Gasteiger partial charge in [-0.05, 0) is 39.3 Å². The molecule has 0 N–H and O–H groups in total. The first-order chi connectivity index (χ1) is 12.1. The van der Waals surface area contributed by atoms with Crippen molar-refractivity contribution in [3.63, 3.8) is 0 Å². The molecule has 0 radical (unpaired) electrons. The van der Waals surface area contributed by atoms with E-state index in [0.29, 0.717) is 0 Å². The third kappa shape index (κ3) is 8.18. The maximum Gasteiger partial charge on any atom is 0.174 e. The van der Waals surface area contributed by atoms with Gasteiger partial charge in [-0.25, -0.2) is 0 Å². The number of hydrogen-bond donors (Lipinski definition) is 0. The maximum atomic E-state index is 6.75. The standard InChI is InChI=1S/C23H50OSi2/c1-8-9-10-11-12-13-14-15-16-17-18-19-20-22-21-25(4,5)26(6,7)24-23(22,2)3/h22H,8-21H2,1-7H3. The highest BCUT2D eigenvalue weighted by Crippen LogP contribution is 2.44. The molecule has 0 aliphatic carbocycles. The van der Waals surface area contributed by atoms with E-state index in [1.165, 1.54) is 89.5 Å². The van der Waals surface area contributed by atoms with Gasteiger partial charge in [-0.15, -0.1) is 0 Å². The normalized spacial score (nSPS) is 23.9. The highest BCUT2D eigenvalue weighted by atomic mass is 29.3. The van der Waals surface area contributed by atoms with Crippen molar-refractivity contribution in [1.29, 1.82) is 0 Å². The molecule has 0 aromatic carbocycles. The Bertz CT molecular complexity index is 376. The number of hydrogen-bond acceptors (Lipinski definition) is 1. The van der Waals surface area contributed by atoms with Crippen molar-refractivity contribution in [2.45, 2.75) is 142 Å². The topological polar surface area (TPSA) is 9.23 Å². The molecule has 0 amide bonds. The van der Waals surface area contributed by atoms with Crippen LogP contribution in [0.4, 0.5) is 0 Å². The third-order valence-electron chi connectivity index (χ3n) is 7.29. The van der Waals surface area contributed by atoms with Gasteiger partial charge in [-0.3, -0.25) is 0 Å². The second kappa shape index (κ2) is 11.4. The summed E-state index contributed by atoms with van der Waals surface area (Å²) in [5.74, 6) is 0.799. The summed E-state index contributed by atoms with van der Waals surface area (Å²) in [6.07, 6.45) is 18.7. The van der Waals surface area contributed by atoms with E-state index in [1.807, 2.05) is 0 Å². The van der Waals surface area contributed by atoms with Gasteiger partial charge in [0.1, 0.15) is 0 Å². The Morgan fingerprint density at radius 1 is 0.731 bits per heavy atom. The average molecular weight is 399 g/mol. The van der Waals surface area contributed by atoms with Crippen LogP contribution in [0.3, 0.4) is 0 Å². The van der Waals surface area contributed by atoms with Crippen molar-refractivity contribution >= 4 is 15.4 Å². The van der Waals surface area contributed by atoms with E-state index in [-0.39, 0.29) is 5.60 Å². The van der Waals surface area contributed by atoms with Crippen LogP contribution in [0.15, 0.2) is 0 Å². The van der Waals surface area contributed by atoms with Gasteiger partial charge < -0.3 is 4.43 Å². The Kier molecular flexibility index (Phi) is 10.7. The molecule has 3 heteroatoms. The van der Waals surface area contributed by atoms with E-state index >= 15 is 0 Å². The zero-order valence-electron chi connectivity index (χ0n) is 19.4. The van der Waals surface area contributed by atoms with Crippen molar-refractivity contribution in [3.05, 3.63) is 0 Å². The quantitative estimate of drug-likeness (QED) is 0.223. The first-order valence-electron chi connectivity index (χ1n) is 11.8. The molecule has 1 aliphatic heterocycles. The molecule has 156 valence electrons. The van der Waals surface area contributed by atoms with Crippen molar-refractivity contribution < 1.29 is 4.43 Å². The maximum absolute atomic E-state index is 6.75. The minimum atomic E-state index is -1.44. The lowest BCUT2D eigenvalue weighted by molar-refractivity contribution is 0.0335. The third-order valence-corrected chi connectivity index (χ3v) is 23.8. The first-order valence-corrected chi connectivity index (χ1v) is 18.9. The van der Waals surface area contributed by atoms with E-state index in [2.05, 4.69) is 47.0 Å². The summed E-state index contributed by atoms with van der Waals surface area (Å²) in [5.41, 5.74) is 0.121. The van der Waals surface area contributed by atoms with E-state index in [4.69, 9.17) is 4.43 Å². The summed E-state index contributed by atoms with van der Waals surface area (Å²) in [6.45, 7) is 17.2. The summed E-state index contributed by atoms with van der Waals surface area (Å²) in [4.78, 5) is 0. The second-order valence-corrected chi connectivity index (χ2v) is 25.8. The fourth-order valence-corrected chi connectivity index (χ4v) is 12.7. The van der Waals surface area contributed by atoms with Gasteiger partial charge in [0.2, 0.25) is 0 Å². The fraction of sp³-hybridized carbons (Fsp3) is 1.00. The molecule has 0 bridgehead atoms. The minimum Gasteiger partial charge on any atom is -0.415 e. The molecule has 1 rings (SSSR count). The van der Waals surface area contributed by atoms with Gasteiger partial charge in [-0.1, -0.05) is 103 Å². The van der Waals surface area contributed by atoms with Crippen molar-refractivity contribution in [2.24, 2.45) is 5.92 Å². The van der Waals surface area contributed by atoms with Crippen LogP contribution in [0.1, 0.15) is 104 Å². The van der Waals surface area contributed by atoms with E-state index in [0.717, 1.165) is 5.92 Å². The molecule has 1 heterocycles. The summed E-state index contributed by atoms with van der Waals surface area (Å²) in [6, 6.07) is 1.50. The van der Waals surface area contributed by atoms with Gasteiger partial charge in [0, 0.05) is 0 Å². The van der Waals surface area contributed by atoms with Crippen LogP contribution in [0, 0.1) is 5.92 Å². The van der Waals surface area contributed by atoms with Gasteiger partial charge >= 0.3 is 0 Å². The molecule has 1 saturated heterocycles. The molecule has 0 spiro atoms. The zero-order chi connectivity index (χ0) is 19.7. The van der Waals surface area contributed by atoms with Crippen LogP contribution >= 0.6 is 0 Å². The largest absolute Gasteiger partial charge is 0.415 e. The lowest BCUT2D eigenvalue weighted by atomic mass is 9.87. The highest BCUT2D eigenvalue weighted by Gasteiger charge is 2.53. The molecule has 0 aromatic rings. The van der Waals surface area contributed by atoms with Crippen LogP contribution in [-0.2, 0) is 4.43 Å². The molecular weight excluding hydrogens is 348 g/mol. The molecule has 1 fully saturated rings. The SMILES string of the molecule is CCCCCCCCCCCCCCC1C[Si](C)(C)[Si](C)(C)OC1(C)C. The number of rotatable bonds is 13. The summed E-state index contributed by atoms with van der Waals surface area (Å²) < 4.78 is 6.75. The Morgan fingerprint density at radius 3 is 1.62 bits per heavy atom. The Morgan fingerprint density at radius 2 is 1.15 bits per heavy atom. The van der Waals surface area contributed by atoms with Gasteiger partial charge in [0.15, 0.2) is 7.83 Å². The van der Waals surface area contributed by atoms with Crippen LogP contribution in [0.25, 0.3) is 0 Å². The lowest BCUT2D eigenvalue weighted by Crippen LogP contribution is -2.66. The van der Waals surface area contributed by atoms with Gasteiger partial charge in [0.05, 0.1) is 13.2 Å². The monoisotopic (exact) mass is 398 g/mol. The molecular formula is C23H50OSi2. The number of unbranched alkanes of at least 4 members (excludes halogenated alkanes) is 11. The van der Waals surface area contributed by atoms with E-state index in [1.54, 1.807) is 0 Å². The predicted octanol–water partition coefficient (Wildman–Crippen LogP) is 8.49. The highest BCUT2D eigenvalue weighted by molar-refractivity contribution is 7.38. The summed E-state index contributed by atoms with van der Waals surface area (Å²) in [5, 5.41) is 0. The Balaban J connectivity index is 2.09. The molecule has 1 atom stereocenters.